The Labute approximate surface area is 208 Å². The number of amides is 3. The van der Waals surface area contributed by atoms with Gasteiger partial charge < -0.3 is 20.7 Å². The molecule has 10 heteroatoms. The van der Waals surface area contributed by atoms with Crippen molar-refractivity contribution in [3.63, 3.8) is 0 Å². The van der Waals surface area contributed by atoms with Crippen LogP contribution in [0.4, 0.5) is 11.5 Å². The number of aryl methyl sites for hydroxylation is 1. The molecule has 3 N–H and O–H groups in total. The van der Waals surface area contributed by atoms with E-state index in [1.165, 1.54) is 11.3 Å². The fourth-order valence-corrected chi connectivity index (χ4v) is 6.09. The largest absolute Gasteiger partial charge is 0.381 e. The molecule has 5 rings (SSSR count). The SMILES string of the molecule is Cc1nc(C(=O)N[C@H](C(=O)Nc2cc3c(cn2)C2(CCOCC2)C(=O)N3)C2CCC(C)CC2)cs1. The first kappa shape index (κ1) is 23.9. The number of thiazole rings is 1. The molecule has 0 unspecified atom stereocenters. The van der Waals surface area contributed by atoms with Crippen LogP contribution in [0.3, 0.4) is 0 Å². The molecule has 3 aliphatic rings. The molecular weight excluding hydrogens is 466 g/mol. The second-order valence-electron chi connectivity index (χ2n) is 9.98. The monoisotopic (exact) mass is 497 g/mol. The van der Waals surface area contributed by atoms with Crippen LogP contribution in [0.25, 0.3) is 0 Å². The number of hydrogen-bond acceptors (Lipinski definition) is 7. The third kappa shape index (κ3) is 4.69. The van der Waals surface area contributed by atoms with Crippen LogP contribution >= 0.6 is 11.3 Å². The average Bonchev–Trinajstić information content (AvgIpc) is 3.39. The minimum absolute atomic E-state index is 0.0366. The van der Waals surface area contributed by atoms with Gasteiger partial charge in [-0.15, -0.1) is 11.3 Å². The number of ether oxygens (including phenoxy) is 1. The number of aromatic nitrogens is 2. The number of nitrogens with one attached hydrogen (secondary N) is 3. The van der Waals surface area contributed by atoms with Crippen LogP contribution in [0.5, 0.6) is 0 Å². The van der Waals surface area contributed by atoms with Gasteiger partial charge in [-0.05, 0) is 44.4 Å². The zero-order valence-corrected chi connectivity index (χ0v) is 20.9. The Morgan fingerprint density at radius 1 is 1.23 bits per heavy atom. The fraction of sp³-hybridized carbons (Fsp3) is 0.560. The summed E-state index contributed by atoms with van der Waals surface area (Å²) in [5.41, 5.74) is 1.25. The van der Waals surface area contributed by atoms with Crippen LogP contribution in [-0.2, 0) is 19.7 Å². The van der Waals surface area contributed by atoms with E-state index in [0.717, 1.165) is 36.3 Å². The molecule has 2 aromatic rings. The lowest BCUT2D eigenvalue weighted by Gasteiger charge is -2.32. The zero-order valence-electron chi connectivity index (χ0n) is 20.1. The van der Waals surface area contributed by atoms with Crippen LogP contribution in [0.1, 0.15) is 66.5 Å². The zero-order chi connectivity index (χ0) is 24.6. The van der Waals surface area contributed by atoms with Crippen molar-refractivity contribution in [3.8, 4) is 0 Å². The molecule has 3 amide bonds. The number of pyridine rings is 1. The molecule has 0 aromatic carbocycles. The van der Waals surface area contributed by atoms with Crippen molar-refractivity contribution in [2.75, 3.05) is 23.8 Å². The molecule has 186 valence electrons. The third-order valence-corrected chi connectivity index (χ3v) is 8.43. The van der Waals surface area contributed by atoms with Gasteiger partial charge in [0.05, 0.1) is 16.1 Å². The molecule has 1 saturated heterocycles. The second-order valence-corrected chi connectivity index (χ2v) is 11.0. The van der Waals surface area contributed by atoms with Crippen LogP contribution in [-0.4, -0.2) is 46.9 Å². The summed E-state index contributed by atoms with van der Waals surface area (Å²) in [5.74, 6) is 0.319. The lowest BCUT2D eigenvalue weighted by atomic mass is 9.76. The number of rotatable bonds is 5. The molecular formula is C25H31N5O4S. The van der Waals surface area contributed by atoms with E-state index in [1.54, 1.807) is 17.6 Å². The third-order valence-electron chi connectivity index (χ3n) is 7.65. The highest BCUT2D eigenvalue weighted by Gasteiger charge is 2.48. The quantitative estimate of drug-likeness (QED) is 0.582. The molecule has 9 nitrogen and oxygen atoms in total. The molecule has 2 aliphatic heterocycles. The van der Waals surface area contributed by atoms with Gasteiger partial charge in [0.15, 0.2) is 0 Å². The van der Waals surface area contributed by atoms with Crippen molar-refractivity contribution in [2.45, 2.75) is 63.8 Å². The van der Waals surface area contributed by atoms with Crippen LogP contribution in [0.2, 0.25) is 0 Å². The predicted octanol–water partition coefficient (Wildman–Crippen LogP) is 3.41. The van der Waals surface area contributed by atoms with Crippen molar-refractivity contribution >= 4 is 40.6 Å². The van der Waals surface area contributed by atoms with Gasteiger partial charge in [0.25, 0.3) is 5.91 Å². The summed E-state index contributed by atoms with van der Waals surface area (Å²) in [7, 11) is 0. The van der Waals surface area contributed by atoms with Gasteiger partial charge in [-0.3, -0.25) is 14.4 Å². The normalized spacial score (nSPS) is 23.9. The molecule has 2 aromatic heterocycles. The summed E-state index contributed by atoms with van der Waals surface area (Å²) >= 11 is 1.40. The Kier molecular flexibility index (Phi) is 6.59. The molecule has 0 radical (unpaired) electrons. The van der Waals surface area contributed by atoms with Gasteiger partial charge in [0, 0.05) is 36.4 Å². The highest BCUT2D eigenvalue weighted by atomic mass is 32.1. The average molecular weight is 498 g/mol. The molecule has 1 saturated carbocycles. The summed E-state index contributed by atoms with van der Waals surface area (Å²) in [4.78, 5) is 47.8. The lowest BCUT2D eigenvalue weighted by molar-refractivity contribution is -0.124. The number of carbonyl (C=O) groups excluding carboxylic acids is 3. The van der Waals surface area contributed by atoms with Gasteiger partial charge in [-0.2, -0.15) is 0 Å². The Morgan fingerprint density at radius 2 is 1.97 bits per heavy atom. The highest BCUT2D eigenvalue weighted by Crippen LogP contribution is 2.44. The Morgan fingerprint density at radius 3 is 2.66 bits per heavy atom. The maximum absolute atomic E-state index is 13.4. The first-order chi connectivity index (χ1) is 16.9. The Bertz CT molecular complexity index is 1130. The van der Waals surface area contributed by atoms with Gasteiger partial charge in [-0.25, -0.2) is 9.97 Å². The van der Waals surface area contributed by atoms with Crippen molar-refractivity contribution in [1.29, 1.82) is 0 Å². The van der Waals surface area contributed by atoms with E-state index < -0.39 is 11.5 Å². The van der Waals surface area contributed by atoms with Crippen LogP contribution in [0.15, 0.2) is 17.6 Å². The summed E-state index contributed by atoms with van der Waals surface area (Å²) in [6.07, 6.45) is 6.70. The standard InChI is InChI=1S/C25H31N5O4S/c1-14-3-5-16(6-4-14)21(30-22(31)19-13-35-15(2)27-19)23(32)29-20-11-18-17(12-26-20)25(24(33)28-18)7-9-34-10-8-25/h11-14,16,21H,3-10H2,1-2H3,(H,28,33)(H,30,31)(H,26,29,32)/t14?,16?,21-/m0/s1. The second kappa shape index (κ2) is 9.66. The molecule has 1 atom stereocenters. The molecule has 1 spiro atoms. The lowest BCUT2D eigenvalue weighted by Crippen LogP contribution is -2.49. The van der Waals surface area contributed by atoms with E-state index in [0.29, 0.717) is 49.2 Å². The molecule has 35 heavy (non-hydrogen) atoms. The van der Waals surface area contributed by atoms with Crippen molar-refractivity contribution in [3.05, 3.63) is 33.9 Å². The summed E-state index contributed by atoms with van der Waals surface area (Å²) in [6, 6.07) is 1.02. The van der Waals surface area contributed by atoms with E-state index in [9.17, 15) is 14.4 Å². The maximum atomic E-state index is 13.4. The van der Waals surface area contributed by atoms with E-state index in [2.05, 4.69) is 32.8 Å². The highest BCUT2D eigenvalue weighted by molar-refractivity contribution is 7.09. The number of fused-ring (bicyclic) bond motifs is 2. The van der Waals surface area contributed by atoms with Gasteiger partial charge in [0.1, 0.15) is 17.6 Å². The summed E-state index contributed by atoms with van der Waals surface area (Å²) < 4.78 is 5.46. The van der Waals surface area contributed by atoms with Gasteiger partial charge >= 0.3 is 0 Å². The van der Waals surface area contributed by atoms with E-state index in [-0.39, 0.29) is 23.6 Å². The first-order valence-electron chi connectivity index (χ1n) is 12.3. The Balaban J connectivity index is 1.34. The molecule has 4 heterocycles. The summed E-state index contributed by atoms with van der Waals surface area (Å²) in [6.45, 7) is 5.13. The smallest absolute Gasteiger partial charge is 0.271 e. The van der Waals surface area contributed by atoms with E-state index in [4.69, 9.17) is 4.74 Å². The maximum Gasteiger partial charge on any atom is 0.271 e. The van der Waals surface area contributed by atoms with E-state index in [1.807, 2.05) is 6.92 Å². The van der Waals surface area contributed by atoms with Crippen molar-refractivity contribution < 1.29 is 19.1 Å². The number of nitrogens with zero attached hydrogens (tertiary/aromatic N) is 2. The van der Waals surface area contributed by atoms with Crippen LogP contribution in [0, 0.1) is 18.8 Å². The number of anilines is 2. The fourth-order valence-electron chi connectivity index (χ4n) is 5.49. The van der Waals surface area contributed by atoms with Gasteiger partial charge in [0.2, 0.25) is 11.8 Å². The molecule has 2 fully saturated rings. The topological polar surface area (TPSA) is 122 Å². The van der Waals surface area contributed by atoms with E-state index >= 15 is 0 Å². The van der Waals surface area contributed by atoms with Crippen molar-refractivity contribution in [2.24, 2.45) is 11.8 Å². The first-order valence-corrected chi connectivity index (χ1v) is 13.2. The number of hydrogen-bond donors (Lipinski definition) is 3. The number of carbonyl (C=O) groups is 3. The minimum Gasteiger partial charge on any atom is -0.381 e. The summed E-state index contributed by atoms with van der Waals surface area (Å²) in [5, 5.41) is 11.3. The molecule has 0 bridgehead atoms. The van der Waals surface area contributed by atoms with Gasteiger partial charge in [-0.1, -0.05) is 19.8 Å². The minimum atomic E-state index is -0.691. The molecule has 1 aliphatic carbocycles. The Hall–Kier alpha value is -2.85. The van der Waals surface area contributed by atoms with Crippen molar-refractivity contribution in [1.82, 2.24) is 15.3 Å². The predicted molar refractivity (Wildman–Crippen MR) is 132 cm³/mol. The van der Waals surface area contributed by atoms with Crippen LogP contribution < -0.4 is 16.0 Å².